The highest BCUT2D eigenvalue weighted by molar-refractivity contribution is 6.33. The van der Waals surface area contributed by atoms with Gasteiger partial charge in [-0.2, -0.15) is 0 Å². The molecule has 1 amide bonds. The summed E-state index contributed by atoms with van der Waals surface area (Å²) in [7, 11) is 0. The lowest BCUT2D eigenvalue weighted by Crippen LogP contribution is -2.30. The average Bonchev–Trinajstić information content (AvgIpc) is 2.30. The van der Waals surface area contributed by atoms with Gasteiger partial charge >= 0.3 is 5.97 Å². The van der Waals surface area contributed by atoms with E-state index in [1.54, 1.807) is 13.0 Å². The molecule has 2 unspecified atom stereocenters. The maximum Gasteiger partial charge on any atom is 0.307 e. The van der Waals surface area contributed by atoms with Crippen LogP contribution in [-0.2, 0) is 9.59 Å². The Balaban J connectivity index is 2.73. The van der Waals surface area contributed by atoms with Gasteiger partial charge in [0, 0.05) is 12.1 Å². The first-order valence-corrected chi connectivity index (χ1v) is 5.44. The van der Waals surface area contributed by atoms with Crippen LogP contribution in [0.4, 0.5) is 5.69 Å². The van der Waals surface area contributed by atoms with Crippen molar-refractivity contribution in [1.29, 1.82) is 0 Å². The van der Waals surface area contributed by atoms with Crippen LogP contribution in [0.3, 0.4) is 0 Å². The van der Waals surface area contributed by atoms with Crippen LogP contribution >= 0.6 is 11.6 Å². The third-order valence-corrected chi connectivity index (χ3v) is 2.91. The second-order valence-corrected chi connectivity index (χ2v) is 4.17. The van der Waals surface area contributed by atoms with Crippen LogP contribution < -0.4 is 5.32 Å². The first kappa shape index (κ1) is 13.4. The molecule has 0 saturated carbocycles. The number of carboxylic acid groups (broad SMARTS) is 1. The molecule has 1 aromatic heterocycles. The van der Waals surface area contributed by atoms with E-state index >= 15 is 0 Å². The number of amides is 1. The van der Waals surface area contributed by atoms with E-state index in [2.05, 4.69) is 10.3 Å². The van der Waals surface area contributed by atoms with Gasteiger partial charge in [0.15, 0.2) is 0 Å². The topological polar surface area (TPSA) is 79.3 Å². The monoisotopic (exact) mass is 256 g/mol. The Kier molecular flexibility index (Phi) is 4.45. The van der Waals surface area contributed by atoms with Gasteiger partial charge in [-0.1, -0.05) is 25.4 Å². The molecule has 92 valence electrons. The van der Waals surface area contributed by atoms with Crippen molar-refractivity contribution in [2.75, 3.05) is 5.32 Å². The van der Waals surface area contributed by atoms with E-state index < -0.39 is 23.7 Å². The van der Waals surface area contributed by atoms with Crippen LogP contribution in [0.25, 0.3) is 0 Å². The Morgan fingerprint density at radius 3 is 2.59 bits per heavy atom. The maximum absolute atomic E-state index is 11.7. The summed E-state index contributed by atoms with van der Waals surface area (Å²) in [5.74, 6) is -2.81. The van der Waals surface area contributed by atoms with Crippen molar-refractivity contribution in [2.45, 2.75) is 13.8 Å². The number of nitrogens with one attached hydrogen (secondary N) is 1. The minimum atomic E-state index is -1.01. The molecule has 1 rings (SSSR count). The molecule has 0 bridgehead atoms. The zero-order chi connectivity index (χ0) is 13.0. The average molecular weight is 257 g/mol. The highest BCUT2D eigenvalue weighted by atomic mass is 35.5. The maximum atomic E-state index is 11.7. The van der Waals surface area contributed by atoms with E-state index in [4.69, 9.17) is 16.7 Å². The molecule has 17 heavy (non-hydrogen) atoms. The summed E-state index contributed by atoms with van der Waals surface area (Å²) >= 11 is 5.84. The number of pyridine rings is 1. The smallest absolute Gasteiger partial charge is 0.307 e. The van der Waals surface area contributed by atoms with Crippen LogP contribution in [-0.4, -0.2) is 22.0 Å². The lowest BCUT2D eigenvalue weighted by atomic mass is 9.95. The summed E-state index contributed by atoms with van der Waals surface area (Å²) in [5, 5.41) is 11.7. The molecule has 0 fully saturated rings. The standard InChI is InChI=1S/C11H13ClN2O3/c1-6(7(2)11(16)17)10(15)14-9-5-13-4-3-8(9)12/h3-7H,1-2H3,(H,14,15)(H,16,17). The van der Waals surface area contributed by atoms with E-state index in [0.29, 0.717) is 10.7 Å². The van der Waals surface area contributed by atoms with Gasteiger partial charge in [-0.3, -0.25) is 14.6 Å². The number of carbonyl (C=O) groups is 2. The van der Waals surface area contributed by atoms with Crippen molar-refractivity contribution in [1.82, 2.24) is 4.98 Å². The van der Waals surface area contributed by atoms with E-state index in [9.17, 15) is 9.59 Å². The fourth-order valence-corrected chi connectivity index (χ4v) is 1.31. The normalized spacial score (nSPS) is 13.8. The molecule has 5 nitrogen and oxygen atoms in total. The lowest BCUT2D eigenvalue weighted by molar-refractivity contribution is -0.145. The summed E-state index contributed by atoms with van der Waals surface area (Å²) in [5.41, 5.74) is 0.378. The van der Waals surface area contributed by atoms with Crippen molar-refractivity contribution in [3.05, 3.63) is 23.5 Å². The molecule has 0 saturated heterocycles. The van der Waals surface area contributed by atoms with Gasteiger partial charge in [0.05, 0.1) is 22.8 Å². The van der Waals surface area contributed by atoms with Crippen molar-refractivity contribution in [3.8, 4) is 0 Å². The van der Waals surface area contributed by atoms with Crippen LogP contribution in [0.1, 0.15) is 13.8 Å². The molecule has 0 aromatic carbocycles. The quantitative estimate of drug-likeness (QED) is 0.864. The Morgan fingerprint density at radius 2 is 2.06 bits per heavy atom. The minimum absolute atomic E-state index is 0.364. The molecular weight excluding hydrogens is 244 g/mol. The molecule has 6 heteroatoms. The Bertz CT molecular complexity index is 436. The second-order valence-electron chi connectivity index (χ2n) is 3.76. The summed E-state index contributed by atoms with van der Waals surface area (Å²) in [6, 6.07) is 1.54. The van der Waals surface area contributed by atoms with Gasteiger partial charge in [-0.15, -0.1) is 0 Å². The summed E-state index contributed by atoms with van der Waals surface area (Å²) < 4.78 is 0. The lowest BCUT2D eigenvalue weighted by Gasteiger charge is -2.15. The number of halogens is 1. The zero-order valence-corrected chi connectivity index (χ0v) is 10.2. The van der Waals surface area contributed by atoms with Gasteiger partial charge in [0.2, 0.25) is 5.91 Å². The van der Waals surface area contributed by atoms with Gasteiger partial charge in [-0.25, -0.2) is 0 Å². The van der Waals surface area contributed by atoms with Crippen LogP contribution in [0.5, 0.6) is 0 Å². The number of hydrogen-bond acceptors (Lipinski definition) is 3. The SMILES string of the molecule is CC(C(=O)O)C(C)C(=O)Nc1cnccc1Cl. The highest BCUT2D eigenvalue weighted by Gasteiger charge is 2.26. The molecule has 0 aliphatic rings. The van der Waals surface area contributed by atoms with Crippen LogP contribution in [0.2, 0.25) is 5.02 Å². The number of aliphatic carboxylic acids is 1. The number of hydrogen-bond donors (Lipinski definition) is 2. The summed E-state index contributed by atoms with van der Waals surface area (Å²) in [6.45, 7) is 3.04. The number of carboxylic acids is 1. The largest absolute Gasteiger partial charge is 0.481 e. The van der Waals surface area contributed by atoms with Crippen molar-refractivity contribution in [2.24, 2.45) is 11.8 Å². The fourth-order valence-electron chi connectivity index (χ4n) is 1.16. The second kappa shape index (κ2) is 5.63. The third-order valence-electron chi connectivity index (χ3n) is 2.58. The van der Waals surface area contributed by atoms with Crippen LogP contribution in [0.15, 0.2) is 18.5 Å². The van der Waals surface area contributed by atoms with E-state index in [1.807, 2.05) is 0 Å². The molecule has 0 spiro atoms. The van der Waals surface area contributed by atoms with Gasteiger partial charge < -0.3 is 10.4 Å². The molecule has 2 N–H and O–H groups in total. The van der Waals surface area contributed by atoms with Crippen molar-refractivity contribution >= 4 is 29.2 Å². The minimum Gasteiger partial charge on any atom is -0.481 e. The Labute approximate surface area is 104 Å². The molecule has 0 aliphatic carbocycles. The van der Waals surface area contributed by atoms with Gasteiger partial charge in [-0.05, 0) is 6.07 Å². The van der Waals surface area contributed by atoms with Crippen molar-refractivity contribution < 1.29 is 14.7 Å². The third kappa shape index (κ3) is 3.42. The predicted molar refractivity (Wildman–Crippen MR) is 63.8 cm³/mol. The summed E-state index contributed by atoms with van der Waals surface area (Å²) in [4.78, 5) is 26.3. The zero-order valence-electron chi connectivity index (χ0n) is 9.48. The van der Waals surface area contributed by atoms with Gasteiger partial charge in [0.1, 0.15) is 0 Å². The first-order chi connectivity index (χ1) is 7.93. The number of anilines is 1. The highest BCUT2D eigenvalue weighted by Crippen LogP contribution is 2.21. The summed E-state index contributed by atoms with van der Waals surface area (Å²) in [6.07, 6.45) is 2.92. The molecule has 1 aromatic rings. The fraction of sp³-hybridized carbons (Fsp3) is 0.364. The Morgan fingerprint density at radius 1 is 1.41 bits per heavy atom. The van der Waals surface area contributed by atoms with Crippen LogP contribution in [0, 0.1) is 11.8 Å². The number of carbonyl (C=O) groups excluding carboxylic acids is 1. The van der Waals surface area contributed by atoms with E-state index in [0.717, 1.165) is 0 Å². The van der Waals surface area contributed by atoms with E-state index in [-0.39, 0.29) is 0 Å². The molecule has 0 radical (unpaired) electrons. The van der Waals surface area contributed by atoms with Crippen molar-refractivity contribution in [3.63, 3.8) is 0 Å². The molecule has 1 heterocycles. The number of nitrogens with zero attached hydrogens (tertiary/aromatic N) is 1. The predicted octanol–water partition coefficient (Wildman–Crippen LogP) is 2.03. The number of aromatic nitrogens is 1. The molecule has 2 atom stereocenters. The molecular formula is C11H13ClN2O3. The van der Waals surface area contributed by atoms with E-state index in [1.165, 1.54) is 19.3 Å². The number of rotatable bonds is 4. The van der Waals surface area contributed by atoms with Gasteiger partial charge in [0.25, 0.3) is 0 Å². The first-order valence-electron chi connectivity index (χ1n) is 5.06. The molecule has 0 aliphatic heterocycles. The Hall–Kier alpha value is -1.62.